The van der Waals surface area contributed by atoms with E-state index < -0.39 is 12.9 Å². The molecule has 2 radical (unpaired) electrons. The normalized spacial score (nSPS) is 6.78. The topological polar surface area (TPSA) is 176 Å². The number of hydrogen-bond acceptors (Lipinski definition) is 10. The zero-order valence-corrected chi connectivity index (χ0v) is 11.8. The van der Waals surface area contributed by atoms with E-state index in [1.807, 2.05) is 0 Å². The number of methoxy groups -OCH3 is 1. The number of carbonyl (C=O) groups is 2. The lowest BCUT2D eigenvalue weighted by Crippen LogP contribution is -2.40. The number of isocyanates is 2. The highest BCUT2D eigenvalue weighted by molar-refractivity contribution is 6.37. The maximum atomic E-state index is 10.6. The zero-order valence-electron chi connectivity index (χ0n) is 11.8. The Morgan fingerprint density at radius 3 is 2.00 bits per heavy atom. The van der Waals surface area contributed by atoms with Crippen molar-refractivity contribution in [3.63, 3.8) is 0 Å². The molecule has 0 aromatic heterocycles. The maximum Gasteiger partial charge on any atom is 0.460 e. The third-order valence-corrected chi connectivity index (χ3v) is 0.994. The third-order valence-electron chi connectivity index (χ3n) is 0.994. The largest absolute Gasteiger partial charge is 0.460 e. The van der Waals surface area contributed by atoms with E-state index >= 15 is 0 Å². The summed E-state index contributed by atoms with van der Waals surface area (Å²) in [5, 5.41) is 18.6. The van der Waals surface area contributed by atoms with Gasteiger partial charge in [0, 0.05) is 14.0 Å². The average Bonchev–Trinajstić information content (AvgIpc) is 2.47. The Morgan fingerprint density at radius 2 is 1.65 bits per heavy atom. The lowest BCUT2D eigenvalue weighted by Gasteiger charge is -2.03. The predicted molar refractivity (Wildman–Crippen MR) is 79.1 cm³/mol. The van der Waals surface area contributed by atoms with Crippen LogP contribution >= 0.6 is 0 Å². The molecule has 0 aliphatic rings. The minimum atomic E-state index is -0.750. The second kappa shape index (κ2) is 27.8. The summed E-state index contributed by atoms with van der Waals surface area (Å²) in [4.78, 5) is 44.8. The molecular formula is C9H18B2N4O8. The van der Waals surface area contributed by atoms with Crippen molar-refractivity contribution in [3.8, 4) is 0 Å². The summed E-state index contributed by atoms with van der Waals surface area (Å²) < 4.78 is 8.87. The standard InChI is InChI=1S/C5H10BN2O4.C2BN2O2.CH4O2.CH4/c1-4(9)7-6-8-5(10)12-3-11-2;6-1-4-3-5-2-7;2-1-3;/h3H2,1-2H3,(H,7,9)(H,8,10);;2-3H,1H2;1H4. The van der Waals surface area contributed by atoms with Crippen LogP contribution in [0.15, 0.2) is 9.81 Å². The van der Waals surface area contributed by atoms with Crippen LogP contribution in [0.25, 0.3) is 0 Å². The fraction of sp³-hybridized carbons (Fsp3) is 0.556. The van der Waals surface area contributed by atoms with Gasteiger partial charge in [0.15, 0.2) is 6.79 Å². The molecule has 0 unspecified atom stereocenters. The molecule has 23 heavy (non-hydrogen) atoms. The van der Waals surface area contributed by atoms with Gasteiger partial charge in [-0.3, -0.25) is 4.79 Å². The Kier molecular flexibility index (Phi) is 34.6. The number of carbonyl (C=O) groups excluding carboxylic acids is 4. The van der Waals surface area contributed by atoms with Gasteiger partial charge in [0.2, 0.25) is 18.1 Å². The van der Waals surface area contributed by atoms with Crippen molar-refractivity contribution < 1.29 is 38.9 Å². The van der Waals surface area contributed by atoms with Crippen LogP contribution < -0.4 is 10.5 Å². The van der Waals surface area contributed by atoms with E-state index in [1.165, 1.54) is 14.0 Å². The van der Waals surface area contributed by atoms with Crippen LogP contribution in [0.3, 0.4) is 0 Å². The fourth-order valence-corrected chi connectivity index (χ4v) is 0.427. The van der Waals surface area contributed by atoms with E-state index in [0.29, 0.717) is 0 Å². The number of ether oxygens (including phenoxy) is 2. The molecule has 4 N–H and O–H groups in total. The minimum Gasteiger partial charge on any atom is -0.423 e. The van der Waals surface area contributed by atoms with Gasteiger partial charge in [-0.2, -0.15) is 0 Å². The molecule has 0 saturated carbocycles. The summed E-state index contributed by atoms with van der Waals surface area (Å²) in [7, 11) is 3.24. The monoisotopic (exact) mass is 332 g/mol. The van der Waals surface area contributed by atoms with Crippen molar-refractivity contribution >= 4 is 39.3 Å². The second-order valence-corrected chi connectivity index (χ2v) is 2.53. The molecule has 2 amide bonds. The van der Waals surface area contributed by atoms with Gasteiger partial charge >= 0.3 is 21.2 Å². The molecule has 0 aromatic rings. The summed E-state index contributed by atoms with van der Waals surface area (Å²) in [6.45, 7) is 0.443. The van der Waals surface area contributed by atoms with Crippen LogP contribution in [-0.4, -0.2) is 70.2 Å². The van der Waals surface area contributed by atoms with Gasteiger partial charge in [0.25, 0.3) is 0 Å². The first-order chi connectivity index (χ1) is 10.5. The number of aliphatic hydroxyl groups is 2. The van der Waals surface area contributed by atoms with Crippen molar-refractivity contribution in [1.29, 1.82) is 0 Å². The Hall–Kier alpha value is -2.49. The highest BCUT2D eigenvalue weighted by atomic mass is 16.7. The molecule has 0 heterocycles. The van der Waals surface area contributed by atoms with Crippen LogP contribution in [0.1, 0.15) is 14.4 Å². The zero-order chi connectivity index (χ0) is 17.6. The first kappa shape index (κ1) is 28.6. The summed E-state index contributed by atoms with van der Waals surface area (Å²) in [5.41, 5.74) is 0. The third kappa shape index (κ3) is 45.2. The Labute approximate surface area is 134 Å². The number of nitrogens with one attached hydrogen (secondary N) is 2. The molecule has 0 saturated heterocycles. The number of aliphatic hydroxyl groups excluding tert-OH is 1. The van der Waals surface area contributed by atoms with Gasteiger partial charge < -0.3 is 30.1 Å². The molecule has 12 nitrogen and oxygen atoms in total. The molecule has 0 aliphatic carbocycles. The number of rotatable bonds is 6. The van der Waals surface area contributed by atoms with E-state index in [-0.39, 0.29) is 20.1 Å². The lowest BCUT2D eigenvalue weighted by atomic mass is 10.2. The van der Waals surface area contributed by atoms with E-state index in [2.05, 4.69) is 29.7 Å². The highest BCUT2D eigenvalue weighted by Gasteiger charge is 2.01. The van der Waals surface area contributed by atoms with Crippen LogP contribution in [0.5, 0.6) is 0 Å². The van der Waals surface area contributed by atoms with E-state index in [1.54, 1.807) is 0 Å². The maximum absolute atomic E-state index is 10.6. The van der Waals surface area contributed by atoms with Gasteiger partial charge in [-0.15, -0.1) is 0 Å². The predicted octanol–water partition coefficient (Wildman–Crippen LogP) is -2.26. The second-order valence-electron chi connectivity index (χ2n) is 2.53. The summed E-state index contributed by atoms with van der Waals surface area (Å²) >= 11 is 0. The lowest BCUT2D eigenvalue weighted by molar-refractivity contribution is -0.117. The Morgan fingerprint density at radius 1 is 1.17 bits per heavy atom. The molecule has 0 atom stereocenters. The Balaban J connectivity index is -0.000000140. The molecule has 14 heteroatoms. The van der Waals surface area contributed by atoms with E-state index in [9.17, 15) is 9.59 Å². The van der Waals surface area contributed by atoms with Crippen molar-refractivity contribution in [2.45, 2.75) is 14.4 Å². The smallest absolute Gasteiger partial charge is 0.423 e. The molecule has 128 valence electrons. The molecule has 0 aliphatic heterocycles. The molecule has 0 fully saturated rings. The van der Waals surface area contributed by atoms with Crippen LogP contribution in [-0.2, 0) is 23.9 Å². The number of nitrogens with zero attached hydrogens (tertiary/aromatic N) is 2. The summed E-state index contributed by atoms with van der Waals surface area (Å²) in [5.74, 6) is -0.276. The van der Waals surface area contributed by atoms with Crippen molar-refractivity contribution in [3.05, 3.63) is 0 Å². The van der Waals surface area contributed by atoms with Crippen LogP contribution in [0.2, 0.25) is 0 Å². The van der Waals surface area contributed by atoms with E-state index in [0.717, 1.165) is 27.3 Å². The molecule has 0 rings (SSSR count). The van der Waals surface area contributed by atoms with Gasteiger partial charge in [0.05, 0.1) is 0 Å². The van der Waals surface area contributed by atoms with Crippen LogP contribution in [0, 0.1) is 0 Å². The summed E-state index contributed by atoms with van der Waals surface area (Å²) in [6.07, 6.45) is 1.61. The van der Waals surface area contributed by atoms with Gasteiger partial charge in [-0.05, 0) is 0 Å². The fourth-order valence-electron chi connectivity index (χ4n) is 0.427. The van der Waals surface area contributed by atoms with Gasteiger partial charge in [0.1, 0.15) is 6.79 Å². The molecule has 0 spiro atoms. The first-order valence-electron chi connectivity index (χ1n) is 5.18. The molecular weight excluding hydrogens is 314 g/mol. The highest BCUT2D eigenvalue weighted by Crippen LogP contribution is 1.74. The SMILES string of the molecule is C.COCOC(=O)N[B]NC(C)=O.O=C=N[B]N=C=O.OCO. The van der Waals surface area contributed by atoms with Gasteiger partial charge in [-0.1, -0.05) is 7.43 Å². The van der Waals surface area contributed by atoms with Crippen molar-refractivity contribution in [1.82, 2.24) is 10.5 Å². The van der Waals surface area contributed by atoms with Crippen LogP contribution in [0.4, 0.5) is 4.79 Å². The quantitative estimate of drug-likeness (QED) is 0.182. The average molecular weight is 332 g/mol. The Bertz CT molecular complexity index is 370. The van der Waals surface area contributed by atoms with Crippen molar-refractivity contribution in [2.24, 2.45) is 9.81 Å². The minimum absolute atomic E-state index is 0. The number of amides is 2. The number of hydrogen-bond donors (Lipinski definition) is 4. The van der Waals surface area contributed by atoms with Crippen molar-refractivity contribution in [2.75, 3.05) is 20.7 Å². The van der Waals surface area contributed by atoms with E-state index in [4.69, 9.17) is 19.8 Å². The molecule has 0 bridgehead atoms. The van der Waals surface area contributed by atoms with Gasteiger partial charge in [-0.25, -0.2) is 24.2 Å². The summed E-state index contributed by atoms with van der Waals surface area (Å²) in [6, 6.07) is 0. The first-order valence-corrected chi connectivity index (χ1v) is 5.18. The molecule has 0 aromatic carbocycles.